The van der Waals surface area contributed by atoms with Gasteiger partial charge in [-0.3, -0.25) is 9.69 Å². The van der Waals surface area contributed by atoms with E-state index in [1.165, 1.54) is 5.56 Å². The smallest absolute Gasteiger partial charge is 0.320 e. The standard InChI is InChI=1S/C22H23N3O2/c1-16-9-11-17(12-10-16)21-18(14-24-13-5-8-20(24)22(26)27)15-25(23-21)19-6-3-2-4-7-19/h2-4,6-7,9-12,15,20H,5,8,13-14H2,1H3,(H,26,27)/t20-/m1/s1. The third kappa shape index (κ3) is 3.64. The highest BCUT2D eigenvalue weighted by Crippen LogP contribution is 2.28. The Morgan fingerprint density at radius 2 is 1.89 bits per heavy atom. The predicted octanol–water partition coefficient (Wildman–Crippen LogP) is 3.90. The summed E-state index contributed by atoms with van der Waals surface area (Å²) >= 11 is 0. The van der Waals surface area contributed by atoms with Gasteiger partial charge in [0.1, 0.15) is 6.04 Å². The van der Waals surface area contributed by atoms with Crippen LogP contribution in [0.5, 0.6) is 0 Å². The van der Waals surface area contributed by atoms with Crippen molar-refractivity contribution in [3.63, 3.8) is 0 Å². The lowest BCUT2D eigenvalue weighted by Gasteiger charge is -2.20. The number of rotatable bonds is 5. The maximum absolute atomic E-state index is 11.6. The highest BCUT2D eigenvalue weighted by atomic mass is 16.4. The highest BCUT2D eigenvalue weighted by molar-refractivity contribution is 5.74. The van der Waals surface area contributed by atoms with E-state index in [1.54, 1.807) is 0 Å². The second kappa shape index (κ2) is 7.37. The Balaban J connectivity index is 1.73. The maximum Gasteiger partial charge on any atom is 0.320 e. The zero-order valence-corrected chi connectivity index (χ0v) is 15.4. The van der Waals surface area contributed by atoms with Crippen molar-refractivity contribution in [1.29, 1.82) is 0 Å². The molecule has 138 valence electrons. The second-order valence-electron chi connectivity index (χ2n) is 7.12. The fraction of sp³-hybridized carbons (Fsp3) is 0.273. The van der Waals surface area contributed by atoms with Gasteiger partial charge in [0.25, 0.3) is 0 Å². The van der Waals surface area contributed by atoms with E-state index in [1.807, 2.05) is 46.1 Å². The first kappa shape index (κ1) is 17.5. The molecule has 0 bridgehead atoms. The zero-order chi connectivity index (χ0) is 18.8. The molecular formula is C22H23N3O2. The molecule has 0 aliphatic carbocycles. The summed E-state index contributed by atoms with van der Waals surface area (Å²) in [6.07, 6.45) is 3.66. The summed E-state index contributed by atoms with van der Waals surface area (Å²) in [6.45, 7) is 3.46. The molecule has 2 heterocycles. The van der Waals surface area contributed by atoms with Gasteiger partial charge in [-0.05, 0) is 38.4 Å². The Morgan fingerprint density at radius 3 is 2.59 bits per heavy atom. The van der Waals surface area contributed by atoms with Crippen molar-refractivity contribution in [3.8, 4) is 16.9 Å². The molecule has 0 spiro atoms. The van der Waals surface area contributed by atoms with Crippen molar-refractivity contribution in [2.45, 2.75) is 32.4 Å². The molecule has 1 atom stereocenters. The Kier molecular flexibility index (Phi) is 4.77. The summed E-state index contributed by atoms with van der Waals surface area (Å²) in [6, 6.07) is 17.9. The van der Waals surface area contributed by atoms with Crippen LogP contribution < -0.4 is 0 Å². The molecule has 1 aliphatic heterocycles. The third-order valence-electron chi connectivity index (χ3n) is 5.16. The molecule has 2 aromatic carbocycles. The number of carbonyl (C=O) groups is 1. The molecule has 0 unspecified atom stereocenters. The van der Waals surface area contributed by atoms with Crippen LogP contribution in [0.25, 0.3) is 16.9 Å². The first-order valence-electron chi connectivity index (χ1n) is 9.30. The van der Waals surface area contributed by atoms with Crippen LogP contribution in [-0.2, 0) is 11.3 Å². The van der Waals surface area contributed by atoms with E-state index in [0.29, 0.717) is 13.0 Å². The van der Waals surface area contributed by atoms with E-state index >= 15 is 0 Å². The number of hydrogen-bond acceptors (Lipinski definition) is 3. The van der Waals surface area contributed by atoms with E-state index in [0.717, 1.165) is 35.5 Å². The SMILES string of the molecule is Cc1ccc(-c2nn(-c3ccccc3)cc2CN2CCC[C@@H]2C(=O)O)cc1. The molecule has 1 N–H and O–H groups in total. The summed E-state index contributed by atoms with van der Waals surface area (Å²) in [5.74, 6) is -0.736. The summed E-state index contributed by atoms with van der Waals surface area (Å²) in [7, 11) is 0. The fourth-order valence-electron chi connectivity index (χ4n) is 3.71. The van der Waals surface area contributed by atoms with Gasteiger partial charge in [0, 0.05) is 23.9 Å². The van der Waals surface area contributed by atoms with E-state index in [-0.39, 0.29) is 0 Å². The largest absolute Gasteiger partial charge is 0.480 e. The van der Waals surface area contributed by atoms with Gasteiger partial charge in [-0.1, -0.05) is 48.0 Å². The molecule has 3 aromatic rings. The molecule has 1 aliphatic rings. The van der Waals surface area contributed by atoms with E-state index in [4.69, 9.17) is 5.10 Å². The molecule has 1 aromatic heterocycles. The van der Waals surface area contributed by atoms with E-state index < -0.39 is 12.0 Å². The van der Waals surface area contributed by atoms with Crippen LogP contribution in [0.3, 0.4) is 0 Å². The Morgan fingerprint density at radius 1 is 1.15 bits per heavy atom. The summed E-state index contributed by atoms with van der Waals surface area (Å²) in [4.78, 5) is 13.6. The fourth-order valence-corrected chi connectivity index (χ4v) is 3.71. The predicted molar refractivity (Wildman–Crippen MR) is 105 cm³/mol. The van der Waals surface area contributed by atoms with Gasteiger partial charge in [-0.15, -0.1) is 0 Å². The minimum absolute atomic E-state index is 0.407. The lowest BCUT2D eigenvalue weighted by molar-refractivity contribution is -0.142. The van der Waals surface area contributed by atoms with Crippen LogP contribution in [0.1, 0.15) is 24.0 Å². The molecule has 5 heteroatoms. The molecule has 0 saturated carbocycles. The van der Waals surface area contributed by atoms with Crippen LogP contribution in [0.2, 0.25) is 0 Å². The average molecular weight is 361 g/mol. The van der Waals surface area contributed by atoms with Gasteiger partial charge in [0.05, 0.1) is 11.4 Å². The number of aromatic nitrogens is 2. The third-order valence-corrected chi connectivity index (χ3v) is 5.16. The number of para-hydroxylation sites is 1. The molecule has 5 nitrogen and oxygen atoms in total. The Bertz CT molecular complexity index is 932. The molecule has 1 saturated heterocycles. The number of carboxylic acid groups (broad SMARTS) is 1. The Hall–Kier alpha value is -2.92. The molecule has 0 amide bonds. The summed E-state index contributed by atoms with van der Waals surface area (Å²) < 4.78 is 1.89. The highest BCUT2D eigenvalue weighted by Gasteiger charge is 2.31. The van der Waals surface area contributed by atoms with E-state index in [9.17, 15) is 9.90 Å². The van der Waals surface area contributed by atoms with Crippen molar-refractivity contribution in [1.82, 2.24) is 14.7 Å². The molecule has 1 fully saturated rings. The number of likely N-dealkylation sites (tertiary alicyclic amines) is 1. The number of benzene rings is 2. The quantitative estimate of drug-likeness (QED) is 0.749. The number of nitrogens with zero attached hydrogens (tertiary/aromatic N) is 3. The van der Waals surface area contributed by atoms with Gasteiger partial charge in [-0.25, -0.2) is 4.68 Å². The lowest BCUT2D eigenvalue weighted by atomic mass is 10.1. The monoisotopic (exact) mass is 361 g/mol. The van der Waals surface area contributed by atoms with Gasteiger partial charge in [0.2, 0.25) is 0 Å². The number of aryl methyl sites for hydroxylation is 1. The van der Waals surface area contributed by atoms with Gasteiger partial charge >= 0.3 is 5.97 Å². The number of aliphatic carboxylic acids is 1. The van der Waals surface area contributed by atoms with Crippen molar-refractivity contribution < 1.29 is 9.90 Å². The first-order valence-corrected chi connectivity index (χ1v) is 9.30. The van der Waals surface area contributed by atoms with Gasteiger partial charge in [-0.2, -0.15) is 5.10 Å². The van der Waals surface area contributed by atoms with Gasteiger partial charge < -0.3 is 5.11 Å². The number of carboxylic acids is 1. The van der Waals surface area contributed by atoms with Crippen LogP contribution in [-0.4, -0.2) is 38.3 Å². The van der Waals surface area contributed by atoms with Crippen molar-refractivity contribution in [2.24, 2.45) is 0 Å². The molecular weight excluding hydrogens is 338 g/mol. The topological polar surface area (TPSA) is 58.4 Å². The maximum atomic E-state index is 11.6. The summed E-state index contributed by atoms with van der Waals surface area (Å²) in [5, 5.41) is 14.3. The van der Waals surface area contributed by atoms with Crippen LogP contribution in [0.4, 0.5) is 0 Å². The van der Waals surface area contributed by atoms with E-state index in [2.05, 4.69) is 31.2 Å². The molecule has 27 heavy (non-hydrogen) atoms. The van der Waals surface area contributed by atoms with Crippen molar-refractivity contribution in [3.05, 3.63) is 71.9 Å². The molecule has 0 radical (unpaired) electrons. The second-order valence-corrected chi connectivity index (χ2v) is 7.12. The Labute approximate surface area is 158 Å². The lowest BCUT2D eigenvalue weighted by Crippen LogP contribution is -2.35. The molecule has 4 rings (SSSR count). The first-order chi connectivity index (χ1) is 13.1. The number of hydrogen-bond donors (Lipinski definition) is 1. The minimum atomic E-state index is -0.736. The zero-order valence-electron chi connectivity index (χ0n) is 15.4. The van der Waals surface area contributed by atoms with Crippen LogP contribution >= 0.6 is 0 Å². The van der Waals surface area contributed by atoms with Crippen LogP contribution in [0, 0.1) is 6.92 Å². The van der Waals surface area contributed by atoms with Crippen molar-refractivity contribution >= 4 is 5.97 Å². The normalized spacial score (nSPS) is 17.3. The van der Waals surface area contributed by atoms with Crippen molar-refractivity contribution in [2.75, 3.05) is 6.54 Å². The minimum Gasteiger partial charge on any atom is -0.480 e. The van der Waals surface area contributed by atoms with Crippen LogP contribution in [0.15, 0.2) is 60.8 Å². The average Bonchev–Trinajstić information content (AvgIpc) is 3.31. The summed E-state index contributed by atoms with van der Waals surface area (Å²) in [5.41, 5.74) is 5.21. The van der Waals surface area contributed by atoms with Gasteiger partial charge in [0.15, 0.2) is 0 Å².